The molecule has 0 aliphatic carbocycles. The van der Waals surface area contributed by atoms with E-state index in [2.05, 4.69) is 10.2 Å². The van der Waals surface area contributed by atoms with Gasteiger partial charge in [-0.2, -0.15) is 0 Å². The van der Waals surface area contributed by atoms with Gasteiger partial charge in [0, 0.05) is 43.7 Å². The number of nitrogens with one attached hydrogen (secondary N) is 1. The lowest BCUT2D eigenvalue weighted by molar-refractivity contribution is -0.131. The zero-order chi connectivity index (χ0) is 19.9. The first-order valence-corrected chi connectivity index (χ1v) is 9.81. The van der Waals surface area contributed by atoms with Crippen LogP contribution in [0, 0.1) is 0 Å². The molecule has 6 heteroatoms. The number of piperazine rings is 1. The standard InChI is InChI=1S/C22H24ClN3O2/c1-2-22(28)26-14-12-25(13-15-26)20-10-9-18(23)16-19(20)24-21(27)11-8-17-6-4-3-5-7-17/h3-11,16H,2,12-15H2,1H3,(H,24,27). The number of hydrogen-bond acceptors (Lipinski definition) is 3. The summed E-state index contributed by atoms with van der Waals surface area (Å²) in [6.45, 7) is 4.67. The van der Waals surface area contributed by atoms with Crippen LogP contribution in [0.1, 0.15) is 18.9 Å². The summed E-state index contributed by atoms with van der Waals surface area (Å²) < 4.78 is 0. The lowest BCUT2D eigenvalue weighted by Gasteiger charge is -2.37. The second-order valence-corrected chi connectivity index (χ2v) is 7.05. The van der Waals surface area contributed by atoms with Crippen molar-refractivity contribution in [2.45, 2.75) is 13.3 Å². The minimum absolute atomic E-state index is 0.176. The fraction of sp³-hybridized carbons (Fsp3) is 0.273. The molecular formula is C22H24ClN3O2. The molecule has 0 spiro atoms. The Balaban J connectivity index is 1.70. The van der Waals surface area contributed by atoms with Crippen LogP contribution in [-0.4, -0.2) is 42.9 Å². The highest BCUT2D eigenvalue weighted by Gasteiger charge is 2.22. The smallest absolute Gasteiger partial charge is 0.248 e. The molecule has 146 valence electrons. The van der Waals surface area contributed by atoms with E-state index in [0.29, 0.717) is 30.2 Å². The van der Waals surface area contributed by atoms with Gasteiger partial charge in [0.15, 0.2) is 0 Å². The normalized spacial score (nSPS) is 14.4. The summed E-state index contributed by atoms with van der Waals surface area (Å²) in [5, 5.41) is 3.49. The SMILES string of the molecule is CCC(=O)N1CCN(c2ccc(Cl)cc2NC(=O)C=Cc2ccccc2)CC1. The molecule has 1 heterocycles. The molecule has 2 aromatic carbocycles. The quantitative estimate of drug-likeness (QED) is 0.774. The van der Waals surface area contributed by atoms with Crippen molar-refractivity contribution in [3.8, 4) is 0 Å². The lowest BCUT2D eigenvalue weighted by atomic mass is 10.2. The number of carbonyl (C=O) groups excluding carboxylic acids is 2. The van der Waals surface area contributed by atoms with Crippen molar-refractivity contribution in [1.82, 2.24) is 4.90 Å². The minimum atomic E-state index is -0.216. The first-order chi connectivity index (χ1) is 13.6. The predicted molar refractivity (Wildman–Crippen MR) is 115 cm³/mol. The van der Waals surface area contributed by atoms with E-state index in [4.69, 9.17) is 11.6 Å². The number of nitrogens with zero attached hydrogens (tertiary/aromatic N) is 2. The Kier molecular flexibility index (Phi) is 6.71. The molecule has 1 aliphatic heterocycles. The number of carbonyl (C=O) groups is 2. The Bertz CT molecular complexity index is 859. The van der Waals surface area contributed by atoms with E-state index < -0.39 is 0 Å². The highest BCUT2D eigenvalue weighted by molar-refractivity contribution is 6.31. The van der Waals surface area contributed by atoms with Crippen LogP contribution in [0.5, 0.6) is 0 Å². The molecule has 5 nitrogen and oxygen atoms in total. The van der Waals surface area contributed by atoms with Gasteiger partial charge < -0.3 is 15.1 Å². The summed E-state index contributed by atoms with van der Waals surface area (Å²) in [6.07, 6.45) is 3.81. The van der Waals surface area contributed by atoms with Crippen molar-refractivity contribution in [2.75, 3.05) is 36.4 Å². The summed E-state index contributed by atoms with van der Waals surface area (Å²) in [7, 11) is 0. The van der Waals surface area contributed by atoms with Gasteiger partial charge in [-0.05, 0) is 29.8 Å². The number of anilines is 2. The molecule has 0 bridgehead atoms. The molecule has 1 aliphatic rings. The monoisotopic (exact) mass is 397 g/mol. The number of hydrogen-bond donors (Lipinski definition) is 1. The molecule has 0 radical (unpaired) electrons. The van der Waals surface area contributed by atoms with Crippen molar-refractivity contribution in [1.29, 1.82) is 0 Å². The van der Waals surface area contributed by atoms with Gasteiger partial charge in [0.05, 0.1) is 11.4 Å². The largest absolute Gasteiger partial charge is 0.366 e. The summed E-state index contributed by atoms with van der Waals surface area (Å²) in [5.41, 5.74) is 2.54. The molecule has 1 N–H and O–H groups in total. The van der Waals surface area contributed by atoms with Crippen LogP contribution in [0.3, 0.4) is 0 Å². The maximum absolute atomic E-state index is 12.4. The summed E-state index contributed by atoms with van der Waals surface area (Å²) in [6, 6.07) is 15.1. The fourth-order valence-electron chi connectivity index (χ4n) is 3.21. The van der Waals surface area contributed by atoms with Crippen LogP contribution in [-0.2, 0) is 9.59 Å². The summed E-state index contributed by atoms with van der Waals surface area (Å²) in [4.78, 5) is 28.3. The molecule has 28 heavy (non-hydrogen) atoms. The zero-order valence-corrected chi connectivity index (χ0v) is 16.7. The van der Waals surface area contributed by atoms with Crippen LogP contribution < -0.4 is 10.2 Å². The van der Waals surface area contributed by atoms with Crippen molar-refractivity contribution >= 4 is 40.9 Å². The molecule has 0 unspecified atom stereocenters. The van der Waals surface area contributed by atoms with Gasteiger partial charge >= 0.3 is 0 Å². The van der Waals surface area contributed by atoms with Crippen LogP contribution in [0.15, 0.2) is 54.6 Å². The molecule has 0 atom stereocenters. The van der Waals surface area contributed by atoms with Crippen molar-refractivity contribution in [2.24, 2.45) is 0 Å². The van der Waals surface area contributed by atoms with E-state index in [1.165, 1.54) is 6.08 Å². The second kappa shape index (κ2) is 9.42. The first kappa shape index (κ1) is 20.0. The Hall–Kier alpha value is -2.79. The minimum Gasteiger partial charge on any atom is -0.366 e. The van der Waals surface area contributed by atoms with E-state index in [9.17, 15) is 9.59 Å². The van der Waals surface area contributed by atoms with Gasteiger partial charge in [0.25, 0.3) is 0 Å². The number of amides is 2. The van der Waals surface area contributed by atoms with Crippen molar-refractivity contribution in [3.63, 3.8) is 0 Å². The first-order valence-electron chi connectivity index (χ1n) is 9.43. The van der Waals surface area contributed by atoms with Crippen LogP contribution in [0.4, 0.5) is 11.4 Å². The molecule has 2 amide bonds. The van der Waals surface area contributed by atoms with Gasteiger partial charge in [-0.15, -0.1) is 0 Å². The summed E-state index contributed by atoms with van der Waals surface area (Å²) in [5.74, 6) is -0.0394. The molecule has 3 rings (SSSR count). The Morgan fingerprint density at radius 3 is 2.46 bits per heavy atom. The third-order valence-electron chi connectivity index (χ3n) is 4.72. The maximum Gasteiger partial charge on any atom is 0.248 e. The van der Waals surface area contributed by atoms with E-state index in [-0.39, 0.29) is 11.8 Å². The fourth-order valence-corrected chi connectivity index (χ4v) is 3.39. The van der Waals surface area contributed by atoms with E-state index >= 15 is 0 Å². The topological polar surface area (TPSA) is 52.7 Å². The van der Waals surface area contributed by atoms with Gasteiger partial charge in [0.2, 0.25) is 11.8 Å². The van der Waals surface area contributed by atoms with Crippen LogP contribution in [0.25, 0.3) is 6.08 Å². The zero-order valence-electron chi connectivity index (χ0n) is 15.9. The van der Waals surface area contributed by atoms with Crippen molar-refractivity contribution in [3.05, 3.63) is 65.2 Å². The molecule has 0 aromatic heterocycles. The molecule has 1 saturated heterocycles. The molecule has 0 saturated carbocycles. The number of halogens is 1. The van der Waals surface area contributed by atoms with Crippen LogP contribution >= 0.6 is 11.6 Å². The third-order valence-corrected chi connectivity index (χ3v) is 4.95. The van der Waals surface area contributed by atoms with Gasteiger partial charge in [-0.25, -0.2) is 0 Å². The number of benzene rings is 2. The highest BCUT2D eigenvalue weighted by atomic mass is 35.5. The van der Waals surface area contributed by atoms with E-state index in [1.807, 2.05) is 54.3 Å². The molecule has 2 aromatic rings. The average Bonchev–Trinajstić information content (AvgIpc) is 2.73. The lowest BCUT2D eigenvalue weighted by Crippen LogP contribution is -2.48. The summed E-state index contributed by atoms with van der Waals surface area (Å²) >= 11 is 6.15. The van der Waals surface area contributed by atoms with Crippen LogP contribution in [0.2, 0.25) is 5.02 Å². The van der Waals surface area contributed by atoms with E-state index in [1.54, 1.807) is 12.1 Å². The van der Waals surface area contributed by atoms with E-state index in [0.717, 1.165) is 24.3 Å². The Labute approximate surface area is 170 Å². The molecular weight excluding hydrogens is 374 g/mol. The van der Waals surface area contributed by atoms with Crippen molar-refractivity contribution < 1.29 is 9.59 Å². The Morgan fingerprint density at radius 2 is 1.79 bits per heavy atom. The third kappa shape index (κ3) is 5.14. The van der Waals surface area contributed by atoms with Gasteiger partial charge in [0.1, 0.15) is 0 Å². The second-order valence-electron chi connectivity index (χ2n) is 6.62. The Morgan fingerprint density at radius 1 is 1.07 bits per heavy atom. The average molecular weight is 398 g/mol. The predicted octanol–water partition coefficient (Wildman–Crippen LogP) is 4.05. The number of rotatable bonds is 5. The maximum atomic E-state index is 12.4. The molecule has 1 fully saturated rings. The van der Waals surface area contributed by atoms with Gasteiger partial charge in [-0.3, -0.25) is 9.59 Å². The highest BCUT2D eigenvalue weighted by Crippen LogP contribution is 2.30. The van der Waals surface area contributed by atoms with Gasteiger partial charge in [-0.1, -0.05) is 48.9 Å².